The van der Waals surface area contributed by atoms with Crippen molar-refractivity contribution in [3.8, 4) is 0 Å². The summed E-state index contributed by atoms with van der Waals surface area (Å²) in [6, 6.07) is 11.9. The molecule has 1 amide bonds. The van der Waals surface area contributed by atoms with Gasteiger partial charge in [-0.15, -0.1) is 0 Å². The average molecular weight is 404 g/mol. The van der Waals surface area contributed by atoms with Gasteiger partial charge in [0.1, 0.15) is 5.82 Å². The lowest BCUT2D eigenvalue weighted by atomic mass is 10.1. The minimum atomic E-state index is -0.262. The number of halogens is 2. The van der Waals surface area contributed by atoms with Crippen LogP contribution in [0.15, 0.2) is 42.5 Å². The molecule has 1 aliphatic carbocycles. The number of nitrogens with zero attached hydrogens (tertiary/aromatic N) is 2. The number of anilines is 1. The monoisotopic (exact) mass is 403 g/mol. The number of nitrogens with one attached hydrogen (secondary N) is 1. The minimum Gasteiger partial charge on any atom is -0.357 e. The Morgan fingerprint density at radius 2 is 2.11 bits per heavy atom. The molecule has 1 aromatic heterocycles. The van der Waals surface area contributed by atoms with Crippen molar-refractivity contribution in [2.75, 3.05) is 12.4 Å². The summed E-state index contributed by atoms with van der Waals surface area (Å²) in [6.07, 6.45) is 2.90. The molecule has 7 heteroatoms. The molecule has 2 unspecified atom stereocenters. The molecule has 0 saturated heterocycles. The second-order valence-electron chi connectivity index (χ2n) is 6.78. The van der Waals surface area contributed by atoms with E-state index in [0.717, 1.165) is 34.6 Å². The first-order valence-corrected chi connectivity index (χ1v) is 10.1. The van der Waals surface area contributed by atoms with Gasteiger partial charge in [0.2, 0.25) is 0 Å². The fourth-order valence-electron chi connectivity index (χ4n) is 3.67. The van der Waals surface area contributed by atoms with E-state index < -0.39 is 0 Å². The van der Waals surface area contributed by atoms with Crippen molar-refractivity contribution in [1.29, 1.82) is 0 Å². The molecular formula is C20H19ClFN3OS. The lowest BCUT2D eigenvalue weighted by Crippen LogP contribution is -2.44. The van der Waals surface area contributed by atoms with Crippen LogP contribution in [-0.4, -0.2) is 34.9 Å². The number of likely N-dealkylation sites (N-methyl/N-ethyl adjacent to an activating group) is 1. The molecule has 3 aromatic rings. The number of hydrogen-bond acceptors (Lipinski definition) is 4. The molecule has 140 valence electrons. The summed E-state index contributed by atoms with van der Waals surface area (Å²) in [5, 5.41) is 4.68. The molecule has 4 rings (SSSR count). The highest BCUT2D eigenvalue weighted by Crippen LogP contribution is 2.32. The topological polar surface area (TPSA) is 45.2 Å². The zero-order valence-corrected chi connectivity index (χ0v) is 16.4. The molecule has 1 fully saturated rings. The normalized spacial score (nSPS) is 19.4. The third-order valence-corrected chi connectivity index (χ3v) is 6.34. The lowest BCUT2D eigenvalue weighted by molar-refractivity contribution is 0.0728. The van der Waals surface area contributed by atoms with Gasteiger partial charge in [0, 0.05) is 13.1 Å². The van der Waals surface area contributed by atoms with Crippen LogP contribution in [0.5, 0.6) is 0 Å². The zero-order valence-electron chi connectivity index (χ0n) is 14.8. The highest BCUT2D eigenvalue weighted by atomic mass is 35.5. The quantitative estimate of drug-likeness (QED) is 0.651. The summed E-state index contributed by atoms with van der Waals surface area (Å²) in [4.78, 5) is 19.2. The van der Waals surface area contributed by atoms with E-state index in [9.17, 15) is 9.18 Å². The molecule has 1 N–H and O–H groups in total. The van der Waals surface area contributed by atoms with Crippen molar-refractivity contribution in [3.63, 3.8) is 0 Å². The molecule has 0 aliphatic heterocycles. The molecule has 0 radical (unpaired) electrons. The molecule has 0 spiro atoms. The lowest BCUT2D eigenvalue weighted by Gasteiger charge is -2.30. The van der Waals surface area contributed by atoms with Crippen LogP contribution in [0.1, 0.15) is 29.6 Å². The highest BCUT2D eigenvalue weighted by molar-refractivity contribution is 7.22. The summed E-state index contributed by atoms with van der Waals surface area (Å²) in [7, 11) is 1.82. The predicted octanol–water partition coefficient (Wildman–Crippen LogP) is 5.19. The van der Waals surface area contributed by atoms with E-state index in [1.807, 2.05) is 19.2 Å². The average Bonchev–Trinajstić information content (AvgIpc) is 3.27. The molecule has 4 nitrogen and oxygen atoms in total. The maximum absolute atomic E-state index is 13.4. The van der Waals surface area contributed by atoms with E-state index in [-0.39, 0.29) is 23.8 Å². The van der Waals surface area contributed by atoms with Gasteiger partial charge < -0.3 is 10.2 Å². The summed E-state index contributed by atoms with van der Waals surface area (Å²) in [6.45, 7) is 0. The second kappa shape index (κ2) is 7.44. The van der Waals surface area contributed by atoms with Crippen molar-refractivity contribution in [3.05, 3.63) is 58.9 Å². The molecule has 2 atom stereocenters. The van der Waals surface area contributed by atoms with Crippen molar-refractivity contribution in [2.45, 2.75) is 31.3 Å². The van der Waals surface area contributed by atoms with E-state index >= 15 is 0 Å². The summed E-state index contributed by atoms with van der Waals surface area (Å²) in [5.41, 5.74) is 1.29. The standard InChI is InChI=1S/C20H19ClFN3OS/c1-25(19(26)13-5-2-3-6-14(13)21)17-8-4-7-15(17)23-20-24-16-10-9-12(22)11-18(16)27-20/h2-3,5-6,9-11,15,17H,4,7-8H2,1H3,(H,23,24). The highest BCUT2D eigenvalue weighted by Gasteiger charge is 2.34. The number of aromatic nitrogens is 1. The third kappa shape index (κ3) is 3.64. The van der Waals surface area contributed by atoms with Crippen LogP contribution in [0.4, 0.5) is 9.52 Å². The smallest absolute Gasteiger partial charge is 0.255 e. The van der Waals surface area contributed by atoms with Crippen molar-refractivity contribution in [1.82, 2.24) is 9.88 Å². The Hall–Kier alpha value is -2.18. The Balaban J connectivity index is 1.52. The third-order valence-electron chi connectivity index (χ3n) is 5.06. The van der Waals surface area contributed by atoms with E-state index in [1.54, 1.807) is 23.1 Å². The summed E-state index contributed by atoms with van der Waals surface area (Å²) in [5.74, 6) is -0.341. The van der Waals surface area contributed by atoms with Gasteiger partial charge in [0.05, 0.1) is 26.8 Å². The number of carbonyl (C=O) groups is 1. The number of carbonyl (C=O) groups excluding carboxylic acids is 1. The number of rotatable bonds is 4. The second-order valence-corrected chi connectivity index (χ2v) is 8.21. The SMILES string of the molecule is CN(C(=O)c1ccccc1Cl)C1CCCC1Nc1nc2ccc(F)cc2s1. The Morgan fingerprint density at radius 3 is 2.93 bits per heavy atom. The molecule has 2 aromatic carbocycles. The predicted molar refractivity (Wildman–Crippen MR) is 108 cm³/mol. The van der Waals surface area contributed by atoms with Crippen LogP contribution in [0, 0.1) is 5.82 Å². The maximum atomic E-state index is 13.4. The van der Waals surface area contributed by atoms with E-state index in [2.05, 4.69) is 10.3 Å². The van der Waals surface area contributed by atoms with Gasteiger partial charge in [0.25, 0.3) is 5.91 Å². The first-order chi connectivity index (χ1) is 13.0. The van der Waals surface area contributed by atoms with Gasteiger partial charge in [-0.05, 0) is 49.6 Å². The zero-order chi connectivity index (χ0) is 19.0. The van der Waals surface area contributed by atoms with Crippen molar-refractivity contribution >= 4 is 44.2 Å². The van der Waals surface area contributed by atoms with Crippen molar-refractivity contribution < 1.29 is 9.18 Å². The molecule has 1 saturated carbocycles. The molecule has 1 aliphatic rings. The minimum absolute atomic E-state index is 0.0533. The first-order valence-electron chi connectivity index (χ1n) is 8.87. The molecule has 0 bridgehead atoms. The van der Waals surface area contributed by atoms with E-state index in [4.69, 9.17) is 11.6 Å². The van der Waals surface area contributed by atoms with Crippen LogP contribution in [0.25, 0.3) is 10.2 Å². The first kappa shape index (κ1) is 18.2. The van der Waals surface area contributed by atoms with Crippen LogP contribution >= 0.6 is 22.9 Å². The molecule has 27 heavy (non-hydrogen) atoms. The fraction of sp³-hybridized carbons (Fsp3) is 0.300. The van der Waals surface area contributed by atoms with Gasteiger partial charge >= 0.3 is 0 Å². The Morgan fingerprint density at radius 1 is 1.30 bits per heavy atom. The summed E-state index contributed by atoms with van der Waals surface area (Å²) < 4.78 is 14.2. The Kier molecular flexibility index (Phi) is 5.02. The molecular weight excluding hydrogens is 385 g/mol. The van der Waals surface area contributed by atoms with Gasteiger partial charge in [-0.1, -0.05) is 35.1 Å². The number of hydrogen-bond donors (Lipinski definition) is 1. The Bertz CT molecular complexity index is 992. The van der Waals surface area contributed by atoms with Crippen LogP contribution in [0.3, 0.4) is 0 Å². The maximum Gasteiger partial charge on any atom is 0.255 e. The Labute approximate surface area is 166 Å². The van der Waals surface area contributed by atoms with E-state index in [1.165, 1.54) is 23.5 Å². The van der Waals surface area contributed by atoms with Gasteiger partial charge in [-0.25, -0.2) is 9.37 Å². The van der Waals surface area contributed by atoms with Gasteiger partial charge in [-0.3, -0.25) is 4.79 Å². The van der Waals surface area contributed by atoms with Gasteiger partial charge in [0.15, 0.2) is 5.13 Å². The largest absolute Gasteiger partial charge is 0.357 e. The fourth-order valence-corrected chi connectivity index (χ4v) is 4.84. The number of benzene rings is 2. The van der Waals surface area contributed by atoms with Gasteiger partial charge in [-0.2, -0.15) is 0 Å². The van der Waals surface area contributed by atoms with Crippen LogP contribution in [-0.2, 0) is 0 Å². The number of fused-ring (bicyclic) bond motifs is 1. The van der Waals surface area contributed by atoms with Crippen LogP contribution in [0.2, 0.25) is 5.02 Å². The molecule has 1 heterocycles. The number of amides is 1. The van der Waals surface area contributed by atoms with E-state index in [0.29, 0.717) is 10.6 Å². The van der Waals surface area contributed by atoms with Crippen LogP contribution < -0.4 is 5.32 Å². The van der Waals surface area contributed by atoms with Crippen molar-refractivity contribution in [2.24, 2.45) is 0 Å². The summed E-state index contributed by atoms with van der Waals surface area (Å²) >= 11 is 7.62. The number of thiazole rings is 1.